The first-order valence-corrected chi connectivity index (χ1v) is 11.8. The van der Waals surface area contributed by atoms with Crippen molar-refractivity contribution in [1.82, 2.24) is 4.90 Å². The molecule has 1 saturated carbocycles. The van der Waals surface area contributed by atoms with Gasteiger partial charge in [-0.05, 0) is 24.6 Å². The minimum atomic E-state index is -0.867. The van der Waals surface area contributed by atoms with E-state index in [4.69, 9.17) is 24.7 Å². The molecular weight excluding hydrogens is 458 g/mol. The number of imide groups is 1. The van der Waals surface area contributed by atoms with Gasteiger partial charge in [-0.1, -0.05) is 0 Å². The van der Waals surface area contributed by atoms with Crippen molar-refractivity contribution in [2.24, 2.45) is 5.73 Å². The molecule has 1 aromatic carbocycles. The van der Waals surface area contributed by atoms with E-state index in [0.717, 1.165) is 4.90 Å². The lowest BCUT2D eigenvalue weighted by molar-refractivity contribution is -0.132. The molecule has 1 aliphatic heterocycles. The van der Waals surface area contributed by atoms with Crippen LogP contribution in [0.2, 0.25) is 0 Å². The highest BCUT2D eigenvalue weighted by molar-refractivity contribution is 6.24. The average molecular weight is 492 g/mol. The third-order valence-electron chi connectivity index (χ3n) is 5.62. The topological polar surface area (TPSA) is 146 Å². The molecule has 0 spiro atoms. The van der Waals surface area contributed by atoms with Gasteiger partial charge in [0.2, 0.25) is 0 Å². The quantitative estimate of drug-likeness (QED) is 0.189. The van der Waals surface area contributed by atoms with E-state index in [1.807, 2.05) is 0 Å². The van der Waals surface area contributed by atoms with Crippen LogP contribution in [0.3, 0.4) is 0 Å². The molecule has 3 N–H and O–H groups in total. The normalized spacial score (nSPS) is 17.9. The molecular formula is C24H33N3O8. The number of nitrogens with one attached hydrogen (secondary N) is 1. The van der Waals surface area contributed by atoms with Gasteiger partial charge >= 0.3 is 0 Å². The van der Waals surface area contributed by atoms with Gasteiger partial charge in [0.15, 0.2) is 5.78 Å². The SMILES string of the molecule is NCCOCCOCCOCCOCCNc1ccc2c(c1)C(=O)N(C1CCC(=O)CC1=O)C2=O. The zero-order chi connectivity index (χ0) is 25.0. The van der Waals surface area contributed by atoms with Gasteiger partial charge in [0.05, 0.1) is 76.4 Å². The molecule has 11 nitrogen and oxygen atoms in total. The maximum absolute atomic E-state index is 12.9. The smallest absolute Gasteiger partial charge is 0.262 e. The number of ether oxygens (including phenoxy) is 4. The minimum Gasteiger partial charge on any atom is -0.383 e. The van der Waals surface area contributed by atoms with E-state index in [1.165, 1.54) is 0 Å². The third kappa shape index (κ3) is 7.64. The van der Waals surface area contributed by atoms with Crippen LogP contribution in [-0.4, -0.2) is 100 Å². The summed E-state index contributed by atoms with van der Waals surface area (Å²) in [5.41, 5.74) is 6.51. The largest absolute Gasteiger partial charge is 0.383 e. The van der Waals surface area contributed by atoms with Crippen LogP contribution in [0, 0.1) is 0 Å². The number of ketones is 2. The van der Waals surface area contributed by atoms with E-state index in [1.54, 1.807) is 18.2 Å². The number of anilines is 1. The second-order valence-electron chi connectivity index (χ2n) is 8.14. The summed E-state index contributed by atoms with van der Waals surface area (Å²) < 4.78 is 21.5. The van der Waals surface area contributed by atoms with Crippen LogP contribution in [0.25, 0.3) is 0 Å². The summed E-state index contributed by atoms with van der Waals surface area (Å²) in [5, 5.41) is 3.16. The van der Waals surface area contributed by atoms with Crippen LogP contribution >= 0.6 is 0 Å². The standard InChI is InChI=1S/C24H33N3O8/c25-5-7-32-9-11-34-13-14-35-12-10-33-8-6-26-17-1-3-19-20(15-17)24(31)27(23(19)30)21-4-2-18(28)16-22(21)29/h1,3,15,21,26H,2,4-14,16,25H2. The lowest BCUT2D eigenvalue weighted by Crippen LogP contribution is -2.47. The number of amides is 2. The summed E-state index contributed by atoms with van der Waals surface area (Å²) in [6.45, 7) is 4.82. The molecule has 2 aliphatic rings. The number of hydrogen-bond donors (Lipinski definition) is 2. The Labute approximate surface area is 204 Å². The molecule has 3 rings (SSSR count). The number of hydrogen-bond acceptors (Lipinski definition) is 10. The molecule has 0 saturated heterocycles. The number of rotatable bonds is 16. The molecule has 2 amide bonds. The number of fused-ring (bicyclic) bond motifs is 1. The molecule has 0 bridgehead atoms. The van der Waals surface area contributed by atoms with E-state index in [-0.39, 0.29) is 42.0 Å². The number of benzene rings is 1. The molecule has 1 atom stereocenters. The van der Waals surface area contributed by atoms with Gasteiger partial charge in [0, 0.05) is 25.2 Å². The predicted octanol–water partition coefficient (Wildman–Crippen LogP) is 0.410. The molecule has 35 heavy (non-hydrogen) atoms. The molecule has 0 aromatic heterocycles. The first-order chi connectivity index (χ1) is 17.0. The van der Waals surface area contributed by atoms with E-state index >= 15 is 0 Å². The van der Waals surface area contributed by atoms with Crippen molar-refractivity contribution >= 4 is 29.1 Å². The van der Waals surface area contributed by atoms with Gasteiger partial charge in [-0.2, -0.15) is 0 Å². The maximum Gasteiger partial charge on any atom is 0.262 e. The van der Waals surface area contributed by atoms with Crippen molar-refractivity contribution in [1.29, 1.82) is 0 Å². The van der Waals surface area contributed by atoms with Crippen LogP contribution in [0.4, 0.5) is 5.69 Å². The van der Waals surface area contributed by atoms with Crippen LogP contribution < -0.4 is 11.1 Å². The predicted molar refractivity (Wildman–Crippen MR) is 125 cm³/mol. The maximum atomic E-state index is 12.9. The average Bonchev–Trinajstić information content (AvgIpc) is 3.09. The molecule has 1 fully saturated rings. The Morgan fingerprint density at radius 2 is 1.43 bits per heavy atom. The first-order valence-electron chi connectivity index (χ1n) is 11.8. The molecule has 0 radical (unpaired) electrons. The zero-order valence-electron chi connectivity index (χ0n) is 19.8. The summed E-state index contributed by atoms with van der Waals surface area (Å²) in [5.74, 6) is -1.52. The van der Waals surface area contributed by atoms with Gasteiger partial charge in [0.1, 0.15) is 5.78 Å². The van der Waals surface area contributed by atoms with Gasteiger partial charge in [-0.25, -0.2) is 0 Å². The fourth-order valence-corrected chi connectivity index (χ4v) is 3.90. The summed E-state index contributed by atoms with van der Waals surface area (Å²) in [4.78, 5) is 50.3. The zero-order valence-corrected chi connectivity index (χ0v) is 19.8. The summed E-state index contributed by atoms with van der Waals surface area (Å²) in [6.07, 6.45) is 0.155. The summed E-state index contributed by atoms with van der Waals surface area (Å²) >= 11 is 0. The number of carbonyl (C=O) groups excluding carboxylic acids is 4. The van der Waals surface area contributed by atoms with Gasteiger partial charge in [0.25, 0.3) is 11.8 Å². The molecule has 11 heteroatoms. The molecule has 1 aromatic rings. The second kappa shape index (κ2) is 14.0. The third-order valence-corrected chi connectivity index (χ3v) is 5.62. The molecule has 192 valence electrons. The van der Waals surface area contributed by atoms with Crippen LogP contribution in [0.15, 0.2) is 18.2 Å². The Hall–Kier alpha value is -2.70. The Morgan fingerprint density at radius 1 is 0.829 bits per heavy atom. The van der Waals surface area contributed by atoms with E-state index in [9.17, 15) is 19.2 Å². The second-order valence-corrected chi connectivity index (χ2v) is 8.14. The lowest BCUT2D eigenvalue weighted by Gasteiger charge is -2.27. The number of Topliss-reactive ketones (excluding diaryl/α,β-unsaturated/α-hetero) is 2. The van der Waals surface area contributed by atoms with Crippen molar-refractivity contribution in [3.63, 3.8) is 0 Å². The van der Waals surface area contributed by atoms with Crippen LogP contribution in [0.1, 0.15) is 40.0 Å². The van der Waals surface area contributed by atoms with Gasteiger partial charge in [-0.15, -0.1) is 0 Å². The monoisotopic (exact) mass is 491 g/mol. The van der Waals surface area contributed by atoms with Crippen molar-refractivity contribution < 1.29 is 38.1 Å². The highest BCUT2D eigenvalue weighted by Gasteiger charge is 2.44. The van der Waals surface area contributed by atoms with E-state index < -0.39 is 17.9 Å². The van der Waals surface area contributed by atoms with Crippen molar-refractivity contribution in [2.45, 2.75) is 25.3 Å². The highest BCUT2D eigenvalue weighted by Crippen LogP contribution is 2.30. The molecule has 1 aliphatic carbocycles. The fraction of sp³-hybridized carbons (Fsp3) is 0.583. The Kier molecular flexibility index (Phi) is 10.8. The number of carbonyl (C=O) groups is 4. The van der Waals surface area contributed by atoms with Gasteiger partial charge < -0.3 is 30.0 Å². The highest BCUT2D eigenvalue weighted by atomic mass is 16.6. The van der Waals surface area contributed by atoms with Crippen LogP contribution in [0.5, 0.6) is 0 Å². The Bertz CT molecular complexity index is 907. The lowest BCUT2D eigenvalue weighted by atomic mass is 9.92. The molecule has 1 unspecified atom stereocenters. The Balaban J connectivity index is 1.31. The summed E-state index contributed by atoms with van der Waals surface area (Å²) in [7, 11) is 0. The first kappa shape index (κ1) is 26.9. The van der Waals surface area contributed by atoms with E-state index in [2.05, 4.69) is 5.32 Å². The van der Waals surface area contributed by atoms with Crippen molar-refractivity contribution in [3.05, 3.63) is 29.3 Å². The van der Waals surface area contributed by atoms with Gasteiger partial charge in [-0.3, -0.25) is 24.1 Å². The Morgan fingerprint density at radius 3 is 2.06 bits per heavy atom. The van der Waals surface area contributed by atoms with Crippen molar-refractivity contribution in [2.75, 3.05) is 71.3 Å². The fourth-order valence-electron chi connectivity index (χ4n) is 3.90. The number of nitrogens with zero attached hydrogens (tertiary/aromatic N) is 1. The van der Waals surface area contributed by atoms with E-state index in [0.29, 0.717) is 71.6 Å². The minimum absolute atomic E-state index is 0.155. The summed E-state index contributed by atoms with van der Waals surface area (Å²) in [6, 6.07) is 4.04. The van der Waals surface area contributed by atoms with Crippen molar-refractivity contribution in [3.8, 4) is 0 Å². The van der Waals surface area contributed by atoms with Crippen LogP contribution in [-0.2, 0) is 28.5 Å². The number of nitrogens with two attached hydrogens (primary N) is 1. The molecule has 1 heterocycles.